The number of ether oxygens (including phenoxy) is 3. The minimum Gasteiger partial charge on any atom is -0.493 e. The summed E-state index contributed by atoms with van der Waals surface area (Å²) in [5, 5.41) is 3.41. The van der Waals surface area contributed by atoms with Crippen molar-refractivity contribution in [1.29, 1.82) is 0 Å². The summed E-state index contributed by atoms with van der Waals surface area (Å²) < 4.78 is 16.6. The third-order valence-electron chi connectivity index (χ3n) is 3.03. The van der Waals surface area contributed by atoms with E-state index in [4.69, 9.17) is 14.2 Å². The van der Waals surface area contributed by atoms with Crippen LogP contribution in [0.1, 0.15) is 32.8 Å². The Kier molecular flexibility index (Phi) is 7.41. The normalized spacial score (nSPS) is 12.5. The zero-order chi connectivity index (χ0) is 15.0. The molecule has 0 aliphatic carbocycles. The molecule has 1 atom stereocenters. The average Bonchev–Trinajstić information content (AvgIpc) is 2.43. The summed E-state index contributed by atoms with van der Waals surface area (Å²) in [6, 6.07) is 6.41. The molecular formula is C16H27NO3. The highest BCUT2D eigenvalue weighted by molar-refractivity contribution is 5.46. The first-order chi connectivity index (χ1) is 9.58. The maximum Gasteiger partial charge on any atom is 0.166 e. The lowest BCUT2D eigenvalue weighted by atomic mass is 10.1. The van der Waals surface area contributed by atoms with Gasteiger partial charge in [-0.15, -0.1) is 0 Å². The molecule has 1 aromatic rings. The topological polar surface area (TPSA) is 39.7 Å². The van der Waals surface area contributed by atoms with Crippen LogP contribution in [0.5, 0.6) is 11.5 Å². The molecule has 0 aliphatic rings. The lowest BCUT2D eigenvalue weighted by Crippen LogP contribution is -2.23. The van der Waals surface area contributed by atoms with E-state index in [9.17, 15) is 0 Å². The molecule has 1 aromatic carbocycles. The highest BCUT2D eigenvalue weighted by atomic mass is 16.5. The molecule has 1 unspecified atom stereocenters. The third-order valence-corrected chi connectivity index (χ3v) is 3.03. The quantitative estimate of drug-likeness (QED) is 0.755. The second-order valence-corrected chi connectivity index (χ2v) is 5.19. The van der Waals surface area contributed by atoms with Gasteiger partial charge in [0.25, 0.3) is 0 Å². The number of para-hydroxylation sites is 1. The molecule has 0 aliphatic heterocycles. The van der Waals surface area contributed by atoms with E-state index < -0.39 is 0 Å². The summed E-state index contributed by atoms with van der Waals surface area (Å²) in [6.45, 7) is 7.76. The van der Waals surface area contributed by atoms with Gasteiger partial charge in [0.1, 0.15) is 0 Å². The molecule has 4 heteroatoms. The van der Waals surface area contributed by atoms with Crippen LogP contribution in [0.2, 0.25) is 0 Å². The summed E-state index contributed by atoms with van der Waals surface area (Å²) in [5.41, 5.74) is 1.11. The minimum atomic E-state index is 0.0871. The maximum absolute atomic E-state index is 6.06. The fourth-order valence-electron chi connectivity index (χ4n) is 1.85. The number of hydrogen-bond acceptors (Lipinski definition) is 4. The molecule has 0 radical (unpaired) electrons. The second-order valence-electron chi connectivity index (χ2n) is 5.19. The van der Waals surface area contributed by atoms with Gasteiger partial charge in [-0.2, -0.15) is 0 Å². The highest BCUT2D eigenvalue weighted by Gasteiger charge is 2.14. The van der Waals surface area contributed by atoms with E-state index >= 15 is 0 Å². The molecule has 0 bridgehead atoms. The average molecular weight is 281 g/mol. The van der Waals surface area contributed by atoms with Crippen molar-refractivity contribution in [3.63, 3.8) is 0 Å². The molecule has 1 N–H and O–H groups in total. The molecule has 0 saturated heterocycles. The first kappa shape index (κ1) is 16.8. The SMILES string of the molecule is COCCC(C)Oc1c(CNC(C)C)cccc1OC. The Morgan fingerprint density at radius 2 is 1.90 bits per heavy atom. The van der Waals surface area contributed by atoms with E-state index in [0.29, 0.717) is 12.6 Å². The van der Waals surface area contributed by atoms with Crippen molar-refractivity contribution in [2.24, 2.45) is 0 Å². The van der Waals surface area contributed by atoms with Gasteiger partial charge in [-0.1, -0.05) is 26.0 Å². The van der Waals surface area contributed by atoms with Gasteiger partial charge in [-0.25, -0.2) is 0 Å². The Morgan fingerprint density at radius 3 is 2.50 bits per heavy atom. The molecule has 0 heterocycles. The molecular weight excluding hydrogens is 254 g/mol. The van der Waals surface area contributed by atoms with E-state index in [1.807, 2.05) is 19.1 Å². The van der Waals surface area contributed by atoms with E-state index in [0.717, 1.165) is 30.0 Å². The summed E-state index contributed by atoms with van der Waals surface area (Å²) in [5.74, 6) is 1.60. The maximum atomic E-state index is 6.06. The van der Waals surface area contributed by atoms with Crippen LogP contribution in [0.25, 0.3) is 0 Å². The number of rotatable bonds is 9. The molecule has 0 saturated carbocycles. The fraction of sp³-hybridized carbons (Fsp3) is 0.625. The second kappa shape index (κ2) is 8.82. The van der Waals surface area contributed by atoms with E-state index in [1.54, 1.807) is 14.2 Å². The monoisotopic (exact) mass is 281 g/mol. The zero-order valence-electron chi connectivity index (χ0n) is 13.2. The third kappa shape index (κ3) is 5.39. The highest BCUT2D eigenvalue weighted by Crippen LogP contribution is 2.32. The fourth-order valence-corrected chi connectivity index (χ4v) is 1.85. The standard InChI is InChI=1S/C16H27NO3/c1-12(2)17-11-14-7-6-8-15(19-5)16(14)20-13(3)9-10-18-4/h6-8,12-13,17H,9-11H2,1-5H3. The molecule has 0 fully saturated rings. The Hall–Kier alpha value is -1.26. The van der Waals surface area contributed by atoms with Gasteiger partial charge in [-0.3, -0.25) is 0 Å². The van der Waals surface area contributed by atoms with Gasteiger partial charge in [-0.05, 0) is 13.0 Å². The Balaban J connectivity index is 2.83. The predicted molar refractivity (Wildman–Crippen MR) is 81.6 cm³/mol. The Labute approximate surface area is 122 Å². The molecule has 0 aromatic heterocycles. The van der Waals surface area contributed by atoms with Gasteiger partial charge < -0.3 is 19.5 Å². The molecule has 4 nitrogen and oxygen atoms in total. The van der Waals surface area contributed by atoms with Crippen molar-refractivity contribution in [1.82, 2.24) is 5.32 Å². The largest absolute Gasteiger partial charge is 0.493 e. The number of hydrogen-bond donors (Lipinski definition) is 1. The van der Waals surface area contributed by atoms with Crippen molar-refractivity contribution in [3.8, 4) is 11.5 Å². The van der Waals surface area contributed by atoms with Gasteiger partial charge in [0.15, 0.2) is 11.5 Å². The molecule has 20 heavy (non-hydrogen) atoms. The van der Waals surface area contributed by atoms with Crippen LogP contribution in [0.4, 0.5) is 0 Å². The predicted octanol–water partition coefficient (Wildman–Crippen LogP) is 3.00. The summed E-state index contributed by atoms with van der Waals surface area (Å²) in [7, 11) is 3.37. The lowest BCUT2D eigenvalue weighted by molar-refractivity contribution is 0.132. The summed E-state index contributed by atoms with van der Waals surface area (Å²) in [4.78, 5) is 0. The van der Waals surface area contributed by atoms with Crippen LogP contribution in [-0.2, 0) is 11.3 Å². The van der Waals surface area contributed by atoms with Gasteiger partial charge in [0.05, 0.1) is 13.2 Å². The van der Waals surface area contributed by atoms with Gasteiger partial charge in [0.2, 0.25) is 0 Å². The van der Waals surface area contributed by atoms with Crippen LogP contribution >= 0.6 is 0 Å². The number of benzene rings is 1. The van der Waals surface area contributed by atoms with Crippen molar-refractivity contribution in [2.75, 3.05) is 20.8 Å². The van der Waals surface area contributed by atoms with E-state index in [-0.39, 0.29) is 6.10 Å². The molecule has 0 amide bonds. The summed E-state index contributed by atoms with van der Waals surface area (Å²) >= 11 is 0. The minimum absolute atomic E-state index is 0.0871. The van der Waals surface area contributed by atoms with Crippen molar-refractivity contribution in [2.45, 2.75) is 45.9 Å². The van der Waals surface area contributed by atoms with Gasteiger partial charge >= 0.3 is 0 Å². The molecule has 0 spiro atoms. The summed E-state index contributed by atoms with van der Waals surface area (Å²) in [6.07, 6.45) is 0.940. The van der Waals surface area contributed by atoms with Crippen LogP contribution in [0.15, 0.2) is 18.2 Å². The molecule has 114 valence electrons. The van der Waals surface area contributed by atoms with E-state index in [2.05, 4.69) is 25.2 Å². The van der Waals surface area contributed by atoms with E-state index in [1.165, 1.54) is 0 Å². The van der Waals surface area contributed by atoms with Crippen molar-refractivity contribution in [3.05, 3.63) is 23.8 Å². The zero-order valence-corrected chi connectivity index (χ0v) is 13.2. The van der Waals surface area contributed by atoms with Crippen molar-refractivity contribution >= 4 is 0 Å². The Bertz CT molecular complexity index is 393. The lowest BCUT2D eigenvalue weighted by Gasteiger charge is -2.20. The first-order valence-electron chi connectivity index (χ1n) is 7.13. The first-order valence-corrected chi connectivity index (χ1v) is 7.13. The smallest absolute Gasteiger partial charge is 0.166 e. The van der Waals surface area contributed by atoms with Crippen LogP contribution in [0, 0.1) is 0 Å². The van der Waals surface area contributed by atoms with Crippen LogP contribution in [-0.4, -0.2) is 33.0 Å². The van der Waals surface area contributed by atoms with Crippen LogP contribution in [0.3, 0.4) is 0 Å². The van der Waals surface area contributed by atoms with Crippen molar-refractivity contribution < 1.29 is 14.2 Å². The number of methoxy groups -OCH3 is 2. The van der Waals surface area contributed by atoms with Gasteiger partial charge in [0, 0.05) is 38.3 Å². The van der Waals surface area contributed by atoms with Crippen LogP contribution < -0.4 is 14.8 Å². The molecule has 1 rings (SSSR count). The number of nitrogens with one attached hydrogen (secondary N) is 1. The Morgan fingerprint density at radius 1 is 1.15 bits per heavy atom.